The predicted molar refractivity (Wildman–Crippen MR) is 79.1 cm³/mol. The minimum Gasteiger partial charge on any atom is -0.397 e. The summed E-state index contributed by atoms with van der Waals surface area (Å²) in [5.41, 5.74) is 7.57. The van der Waals surface area contributed by atoms with Crippen molar-refractivity contribution in [3.05, 3.63) is 10.4 Å². The molecule has 0 unspecified atom stereocenters. The number of rotatable bonds is 7. The number of unbranched alkanes of at least 4 members (excludes halogenated alkanes) is 1. The molecule has 0 aromatic carbocycles. The number of anilines is 2. The lowest BCUT2D eigenvalue weighted by atomic mass is 10.1. The quantitative estimate of drug-likeness (QED) is 0.572. The first kappa shape index (κ1) is 16.1. The second-order valence-corrected chi connectivity index (χ2v) is 6.44. The molecule has 2 rings (SSSR count). The summed E-state index contributed by atoms with van der Waals surface area (Å²) in [6, 6.07) is 0. The summed E-state index contributed by atoms with van der Waals surface area (Å²) in [5.74, 6) is 0.330. The SMILES string of the molecule is CC(=O)c1sc(NCCCCC(F)(F)F)c(C2CC2)c1N. The average molecular weight is 320 g/mol. The third-order valence-corrected chi connectivity index (χ3v) is 4.74. The summed E-state index contributed by atoms with van der Waals surface area (Å²) < 4.78 is 36.2. The fourth-order valence-corrected chi connectivity index (χ4v) is 3.41. The molecule has 3 N–H and O–H groups in total. The van der Waals surface area contributed by atoms with Crippen LogP contribution in [0.5, 0.6) is 0 Å². The zero-order valence-corrected chi connectivity index (χ0v) is 12.7. The summed E-state index contributed by atoms with van der Waals surface area (Å²) in [7, 11) is 0. The Labute approximate surface area is 125 Å². The maximum absolute atomic E-state index is 12.1. The zero-order valence-electron chi connectivity index (χ0n) is 11.8. The lowest BCUT2D eigenvalue weighted by molar-refractivity contribution is -0.135. The lowest BCUT2D eigenvalue weighted by Gasteiger charge is -2.08. The van der Waals surface area contributed by atoms with Gasteiger partial charge >= 0.3 is 6.18 Å². The number of Topliss-reactive ketones (excluding diaryl/α,β-unsaturated/α-hetero) is 1. The molecule has 0 bridgehead atoms. The van der Waals surface area contributed by atoms with Crippen LogP contribution in [0.4, 0.5) is 23.9 Å². The van der Waals surface area contributed by atoms with E-state index in [2.05, 4.69) is 5.32 Å². The molecule has 0 aliphatic heterocycles. The Balaban J connectivity index is 1.93. The maximum Gasteiger partial charge on any atom is 0.389 e. The van der Waals surface area contributed by atoms with Crippen LogP contribution in [0.2, 0.25) is 0 Å². The highest BCUT2D eigenvalue weighted by atomic mass is 32.1. The molecule has 118 valence electrons. The van der Waals surface area contributed by atoms with Crippen molar-refractivity contribution in [2.24, 2.45) is 0 Å². The molecule has 0 radical (unpaired) electrons. The number of nitrogen functional groups attached to an aromatic ring is 1. The van der Waals surface area contributed by atoms with E-state index in [1.165, 1.54) is 18.3 Å². The number of carbonyl (C=O) groups is 1. The lowest BCUT2D eigenvalue weighted by Crippen LogP contribution is -2.08. The molecule has 21 heavy (non-hydrogen) atoms. The van der Waals surface area contributed by atoms with Crippen molar-refractivity contribution in [1.29, 1.82) is 0 Å². The fraction of sp³-hybridized carbons (Fsp3) is 0.643. The van der Waals surface area contributed by atoms with Gasteiger partial charge in [-0.05, 0) is 31.6 Å². The second kappa shape index (κ2) is 6.25. The third kappa shape index (κ3) is 4.36. The van der Waals surface area contributed by atoms with Crippen molar-refractivity contribution in [2.45, 2.75) is 51.1 Å². The molecule has 0 amide bonds. The molecule has 1 aromatic heterocycles. The van der Waals surface area contributed by atoms with Crippen LogP contribution in [0.1, 0.15) is 60.2 Å². The smallest absolute Gasteiger partial charge is 0.389 e. The van der Waals surface area contributed by atoms with Crippen molar-refractivity contribution in [1.82, 2.24) is 0 Å². The van der Waals surface area contributed by atoms with Crippen molar-refractivity contribution in [3.8, 4) is 0 Å². The van der Waals surface area contributed by atoms with Crippen LogP contribution in [-0.2, 0) is 0 Å². The Morgan fingerprint density at radius 3 is 2.57 bits per heavy atom. The van der Waals surface area contributed by atoms with E-state index in [4.69, 9.17) is 5.73 Å². The van der Waals surface area contributed by atoms with E-state index in [0.29, 0.717) is 29.4 Å². The molecule has 1 heterocycles. The van der Waals surface area contributed by atoms with Gasteiger partial charge in [0, 0.05) is 25.5 Å². The Kier molecular flexibility index (Phi) is 4.81. The standard InChI is InChI=1S/C14H19F3N2OS/c1-8(20)12-11(18)10(9-4-5-9)13(21-12)19-7-3-2-6-14(15,16)17/h9,19H,2-7,18H2,1H3. The van der Waals surface area contributed by atoms with Crippen molar-refractivity contribution in [3.63, 3.8) is 0 Å². The van der Waals surface area contributed by atoms with Gasteiger partial charge in [0.05, 0.1) is 15.6 Å². The second-order valence-electron chi connectivity index (χ2n) is 5.42. The van der Waals surface area contributed by atoms with Gasteiger partial charge in [-0.3, -0.25) is 4.79 Å². The molecule has 3 nitrogen and oxygen atoms in total. The number of nitrogens with two attached hydrogens (primary N) is 1. The Morgan fingerprint density at radius 2 is 2.05 bits per heavy atom. The Hall–Kier alpha value is -1.24. The van der Waals surface area contributed by atoms with E-state index in [9.17, 15) is 18.0 Å². The highest BCUT2D eigenvalue weighted by Gasteiger charge is 2.32. The van der Waals surface area contributed by atoms with Crippen LogP contribution in [0.15, 0.2) is 0 Å². The molecule has 0 saturated heterocycles. The highest BCUT2D eigenvalue weighted by molar-refractivity contribution is 7.18. The van der Waals surface area contributed by atoms with Crippen LogP contribution in [0, 0.1) is 0 Å². The number of hydrogen-bond acceptors (Lipinski definition) is 4. The van der Waals surface area contributed by atoms with Gasteiger partial charge in [0.1, 0.15) is 0 Å². The topological polar surface area (TPSA) is 55.1 Å². The number of thiophene rings is 1. The molecule has 0 spiro atoms. The van der Waals surface area contributed by atoms with Gasteiger partial charge in [0.25, 0.3) is 0 Å². The predicted octanol–water partition coefficient (Wildman–Crippen LogP) is 4.55. The minimum atomic E-state index is -4.09. The zero-order chi connectivity index (χ0) is 15.6. The third-order valence-electron chi connectivity index (χ3n) is 3.46. The highest BCUT2D eigenvalue weighted by Crippen LogP contribution is 2.50. The molecule has 0 atom stereocenters. The molecule has 1 aromatic rings. The van der Waals surface area contributed by atoms with E-state index in [1.54, 1.807) is 0 Å². The molecule has 1 aliphatic rings. The summed E-state index contributed by atoms with van der Waals surface area (Å²) >= 11 is 1.32. The first-order valence-corrected chi connectivity index (χ1v) is 7.85. The average Bonchev–Trinajstić information content (AvgIpc) is 3.12. The van der Waals surface area contributed by atoms with E-state index < -0.39 is 12.6 Å². The van der Waals surface area contributed by atoms with Crippen LogP contribution in [0.25, 0.3) is 0 Å². The van der Waals surface area contributed by atoms with Crippen molar-refractivity contribution < 1.29 is 18.0 Å². The number of ketones is 1. The summed E-state index contributed by atoms with van der Waals surface area (Å²) in [6.07, 6.45) is -2.18. The van der Waals surface area contributed by atoms with Crippen LogP contribution in [0.3, 0.4) is 0 Å². The van der Waals surface area contributed by atoms with Gasteiger partial charge in [-0.15, -0.1) is 11.3 Å². The number of nitrogens with one attached hydrogen (secondary N) is 1. The fourth-order valence-electron chi connectivity index (χ4n) is 2.28. The normalized spacial score (nSPS) is 15.2. The number of hydrogen-bond donors (Lipinski definition) is 2. The van der Waals surface area contributed by atoms with E-state index in [1.807, 2.05) is 0 Å². The number of carbonyl (C=O) groups excluding carboxylic acids is 1. The largest absolute Gasteiger partial charge is 0.397 e. The molecule has 1 aliphatic carbocycles. The van der Waals surface area contributed by atoms with Gasteiger partial charge in [-0.25, -0.2) is 0 Å². The Morgan fingerprint density at radius 1 is 1.38 bits per heavy atom. The Bertz CT molecular complexity index is 521. The van der Waals surface area contributed by atoms with Gasteiger partial charge in [-0.1, -0.05) is 0 Å². The summed E-state index contributed by atoms with van der Waals surface area (Å²) in [6.45, 7) is 1.94. The first-order valence-electron chi connectivity index (χ1n) is 7.03. The van der Waals surface area contributed by atoms with Gasteiger partial charge in [0.15, 0.2) is 5.78 Å². The van der Waals surface area contributed by atoms with Crippen LogP contribution < -0.4 is 11.1 Å². The number of halogens is 3. The molecule has 7 heteroatoms. The summed E-state index contributed by atoms with van der Waals surface area (Å²) in [5, 5.41) is 4.01. The van der Waals surface area contributed by atoms with Crippen LogP contribution in [-0.4, -0.2) is 18.5 Å². The van der Waals surface area contributed by atoms with Gasteiger partial charge in [-0.2, -0.15) is 13.2 Å². The van der Waals surface area contributed by atoms with Crippen molar-refractivity contribution >= 4 is 27.8 Å². The van der Waals surface area contributed by atoms with Crippen LogP contribution >= 0.6 is 11.3 Å². The van der Waals surface area contributed by atoms with Gasteiger partial charge < -0.3 is 11.1 Å². The summed E-state index contributed by atoms with van der Waals surface area (Å²) in [4.78, 5) is 12.1. The first-order chi connectivity index (χ1) is 9.79. The maximum atomic E-state index is 12.1. The molecule has 1 saturated carbocycles. The van der Waals surface area contributed by atoms with Gasteiger partial charge in [0.2, 0.25) is 0 Å². The molecular formula is C14H19F3N2OS. The van der Waals surface area contributed by atoms with Crippen molar-refractivity contribution in [2.75, 3.05) is 17.6 Å². The molecule has 1 fully saturated rings. The van der Waals surface area contributed by atoms with E-state index in [-0.39, 0.29) is 12.2 Å². The monoisotopic (exact) mass is 320 g/mol. The minimum absolute atomic E-state index is 0.0653. The van der Waals surface area contributed by atoms with E-state index >= 15 is 0 Å². The van der Waals surface area contributed by atoms with E-state index in [0.717, 1.165) is 23.4 Å². The number of alkyl halides is 3. The molecular weight excluding hydrogens is 301 g/mol.